The molecule has 0 atom stereocenters. The van der Waals surface area contributed by atoms with E-state index in [0.29, 0.717) is 18.8 Å². The number of benzene rings is 2. The molecule has 0 fully saturated rings. The standard InChI is InChI=1S/C22H22FN3O/c1-26(16-18-5-3-2-4-6-18)22(27)21-12-11-20(15-25-21)24-14-13-17-7-9-19(23)10-8-17/h2-12,15,24H,13-14,16H2,1H3. The summed E-state index contributed by atoms with van der Waals surface area (Å²) in [4.78, 5) is 18.4. The van der Waals surface area contributed by atoms with E-state index >= 15 is 0 Å². The fourth-order valence-corrected chi connectivity index (χ4v) is 2.75. The van der Waals surface area contributed by atoms with Gasteiger partial charge in [0.05, 0.1) is 11.9 Å². The molecule has 0 aliphatic heterocycles. The van der Waals surface area contributed by atoms with Gasteiger partial charge in [0.25, 0.3) is 5.91 Å². The summed E-state index contributed by atoms with van der Waals surface area (Å²) in [5.41, 5.74) is 3.40. The SMILES string of the molecule is CN(Cc1ccccc1)C(=O)c1ccc(NCCc2ccc(F)cc2)cn1. The van der Waals surface area contributed by atoms with E-state index in [1.54, 1.807) is 36.3 Å². The topological polar surface area (TPSA) is 45.2 Å². The van der Waals surface area contributed by atoms with Gasteiger partial charge in [0, 0.05) is 20.1 Å². The predicted octanol–water partition coefficient (Wildman–Crippen LogP) is 4.15. The minimum atomic E-state index is -0.228. The van der Waals surface area contributed by atoms with E-state index in [1.807, 2.05) is 36.4 Å². The summed E-state index contributed by atoms with van der Waals surface area (Å²) < 4.78 is 12.9. The second kappa shape index (κ2) is 8.94. The molecule has 5 heteroatoms. The maximum Gasteiger partial charge on any atom is 0.272 e. The average Bonchev–Trinajstić information content (AvgIpc) is 2.70. The Balaban J connectivity index is 1.51. The first kappa shape index (κ1) is 18.6. The van der Waals surface area contributed by atoms with Gasteiger partial charge in [0.1, 0.15) is 11.5 Å². The van der Waals surface area contributed by atoms with E-state index < -0.39 is 0 Å². The zero-order valence-corrected chi connectivity index (χ0v) is 15.2. The second-order valence-electron chi connectivity index (χ2n) is 6.38. The van der Waals surface area contributed by atoms with Crippen molar-refractivity contribution < 1.29 is 9.18 Å². The summed E-state index contributed by atoms with van der Waals surface area (Å²) in [6, 6.07) is 19.9. The van der Waals surface area contributed by atoms with E-state index in [9.17, 15) is 9.18 Å². The Kier molecular flexibility index (Phi) is 6.15. The zero-order chi connectivity index (χ0) is 19.1. The first-order valence-corrected chi connectivity index (χ1v) is 8.85. The van der Waals surface area contributed by atoms with Crippen LogP contribution in [0.3, 0.4) is 0 Å². The molecule has 27 heavy (non-hydrogen) atoms. The summed E-state index contributed by atoms with van der Waals surface area (Å²) in [5.74, 6) is -0.342. The van der Waals surface area contributed by atoms with Crippen molar-refractivity contribution in [2.45, 2.75) is 13.0 Å². The number of rotatable bonds is 7. The monoisotopic (exact) mass is 363 g/mol. The molecular formula is C22H22FN3O. The van der Waals surface area contributed by atoms with Gasteiger partial charge in [-0.25, -0.2) is 9.37 Å². The highest BCUT2D eigenvalue weighted by Crippen LogP contribution is 2.11. The Morgan fingerprint density at radius 3 is 2.41 bits per heavy atom. The van der Waals surface area contributed by atoms with Gasteiger partial charge in [-0.15, -0.1) is 0 Å². The van der Waals surface area contributed by atoms with Gasteiger partial charge in [-0.05, 0) is 41.8 Å². The Bertz CT molecular complexity index is 864. The van der Waals surface area contributed by atoms with Crippen LogP contribution in [0.1, 0.15) is 21.6 Å². The lowest BCUT2D eigenvalue weighted by atomic mass is 10.1. The van der Waals surface area contributed by atoms with Crippen molar-refractivity contribution >= 4 is 11.6 Å². The number of amides is 1. The zero-order valence-electron chi connectivity index (χ0n) is 15.2. The van der Waals surface area contributed by atoms with Crippen LogP contribution in [0, 0.1) is 5.82 Å². The number of anilines is 1. The number of carbonyl (C=O) groups excluding carboxylic acids is 1. The molecule has 3 aromatic rings. The Morgan fingerprint density at radius 1 is 1.00 bits per heavy atom. The van der Waals surface area contributed by atoms with Gasteiger partial charge < -0.3 is 10.2 Å². The van der Waals surface area contributed by atoms with E-state index in [1.165, 1.54) is 12.1 Å². The number of nitrogens with one attached hydrogen (secondary N) is 1. The Labute approximate surface area is 158 Å². The van der Waals surface area contributed by atoms with Crippen LogP contribution < -0.4 is 5.32 Å². The number of nitrogens with zero attached hydrogens (tertiary/aromatic N) is 2. The maximum absolute atomic E-state index is 12.9. The van der Waals surface area contributed by atoms with Crippen LogP contribution >= 0.6 is 0 Å². The van der Waals surface area contributed by atoms with Crippen molar-refractivity contribution in [3.8, 4) is 0 Å². The number of hydrogen-bond donors (Lipinski definition) is 1. The number of halogens is 1. The molecule has 0 saturated heterocycles. The van der Waals surface area contributed by atoms with Gasteiger partial charge in [0.15, 0.2) is 0 Å². The second-order valence-corrected chi connectivity index (χ2v) is 6.38. The third kappa shape index (κ3) is 5.38. The molecule has 1 heterocycles. The lowest BCUT2D eigenvalue weighted by Gasteiger charge is -2.17. The van der Waals surface area contributed by atoms with Gasteiger partial charge in [-0.3, -0.25) is 4.79 Å². The van der Waals surface area contributed by atoms with Crippen LogP contribution in [-0.4, -0.2) is 29.4 Å². The van der Waals surface area contributed by atoms with Crippen LogP contribution in [0.15, 0.2) is 72.9 Å². The molecule has 138 valence electrons. The average molecular weight is 363 g/mol. The molecular weight excluding hydrogens is 341 g/mol. The highest BCUT2D eigenvalue weighted by Gasteiger charge is 2.13. The van der Waals surface area contributed by atoms with Gasteiger partial charge in [-0.1, -0.05) is 42.5 Å². The van der Waals surface area contributed by atoms with E-state index in [0.717, 1.165) is 23.2 Å². The molecule has 0 aliphatic rings. The fraction of sp³-hybridized carbons (Fsp3) is 0.182. The van der Waals surface area contributed by atoms with Crippen LogP contribution in [0.25, 0.3) is 0 Å². The van der Waals surface area contributed by atoms with Gasteiger partial charge >= 0.3 is 0 Å². The molecule has 0 unspecified atom stereocenters. The lowest BCUT2D eigenvalue weighted by Crippen LogP contribution is -2.27. The summed E-state index contributed by atoms with van der Waals surface area (Å²) in [5, 5.41) is 3.26. The van der Waals surface area contributed by atoms with Crippen LogP contribution in [-0.2, 0) is 13.0 Å². The van der Waals surface area contributed by atoms with Crippen molar-refractivity contribution in [3.63, 3.8) is 0 Å². The van der Waals surface area contributed by atoms with E-state index in [2.05, 4.69) is 10.3 Å². The van der Waals surface area contributed by atoms with Gasteiger partial charge in [0.2, 0.25) is 0 Å². The van der Waals surface area contributed by atoms with E-state index in [4.69, 9.17) is 0 Å². The number of aromatic nitrogens is 1. The van der Waals surface area contributed by atoms with Crippen molar-refractivity contribution in [3.05, 3.63) is 95.6 Å². The minimum absolute atomic E-state index is 0.114. The highest BCUT2D eigenvalue weighted by molar-refractivity contribution is 5.92. The van der Waals surface area contributed by atoms with E-state index in [-0.39, 0.29) is 11.7 Å². The molecule has 1 N–H and O–H groups in total. The van der Waals surface area contributed by atoms with Crippen LogP contribution in [0.5, 0.6) is 0 Å². The fourth-order valence-electron chi connectivity index (χ4n) is 2.75. The predicted molar refractivity (Wildman–Crippen MR) is 105 cm³/mol. The summed E-state index contributed by atoms with van der Waals surface area (Å²) in [7, 11) is 1.77. The van der Waals surface area contributed by atoms with Crippen molar-refractivity contribution in [1.29, 1.82) is 0 Å². The molecule has 4 nitrogen and oxygen atoms in total. The number of carbonyl (C=O) groups is 1. The van der Waals surface area contributed by atoms with Crippen molar-refractivity contribution in [2.24, 2.45) is 0 Å². The lowest BCUT2D eigenvalue weighted by molar-refractivity contribution is 0.0779. The van der Waals surface area contributed by atoms with Crippen LogP contribution in [0.4, 0.5) is 10.1 Å². The molecule has 0 radical (unpaired) electrons. The first-order valence-electron chi connectivity index (χ1n) is 8.85. The molecule has 0 saturated carbocycles. The molecule has 2 aromatic carbocycles. The third-order valence-corrected chi connectivity index (χ3v) is 4.25. The third-order valence-electron chi connectivity index (χ3n) is 4.25. The number of pyridine rings is 1. The Hall–Kier alpha value is -3.21. The molecule has 1 aromatic heterocycles. The molecule has 0 bridgehead atoms. The first-order chi connectivity index (χ1) is 13.1. The molecule has 1 amide bonds. The minimum Gasteiger partial charge on any atom is -0.383 e. The quantitative estimate of drug-likeness (QED) is 0.686. The summed E-state index contributed by atoms with van der Waals surface area (Å²) >= 11 is 0. The van der Waals surface area contributed by atoms with Crippen LogP contribution in [0.2, 0.25) is 0 Å². The molecule has 0 aliphatic carbocycles. The Morgan fingerprint density at radius 2 is 1.74 bits per heavy atom. The van der Waals surface area contributed by atoms with Crippen molar-refractivity contribution in [1.82, 2.24) is 9.88 Å². The maximum atomic E-state index is 12.9. The molecule has 3 rings (SSSR count). The van der Waals surface area contributed by atoms with Crippen molar-refractivity contribution in [2.75, 3.05) is 18.9 Å². The largest absolute Gasteiger partial charge is 0.383 e. The smallest absolute Gasteiger partial charge is 0.272 e. The normalized spacial score (nSPS) is 10.4. The van der Waals surface area contributed by atoms with Gasteiger partial charge in [-0.2, -0.15) is 0 Å². The number of hydrogen-bond acceptors (Lipinski definition) is 3. The summed E-state index contributed by atoms with van der Waals surface area (Å²) in [6.07, 6.45) is 2.44. The highest BCUT2D eigenvalue weighted by atomic mass is 19.1. The summed E-state index contributed by atoms with van der Waals surface area (Å²) in [6.45, 7) is 1.24. The molecule has 0 spiro atoms.